The molecule has 5 nitrogen and oxygen atoms in total. The van der Waals surface area contributed by atoms with Crippen LogP contribution >= 0.6 is 11.3 Å². The van der Waals surface area contributed by atoms with Gasteiger partial charge in [-0.1, -0.05) is 0 Å². The number of piperidine rings is 1. The van der Waals surface area contributed by atoms with E-state index in [-0.39, 0.29) is 5.91 Å². The van der Waals surface area contributed by atoms with Gasteiger partial charge in [0.1, 0.15) is 10.7 Å². The monoisotopic (exact) mass is 302 g/mol. The Labute approximate surface area is 128 Å². The van der Waals surface area contributed by atoms with E-state index < -0.39 is 0 Å². The van der Waals surface area contributed by atoms with Crippen molar-refractivity contribution < 1.29 is 4.79 Å². The van der Waals surface area contributed by atoms with Crippen LogP contribution in [0.15, 0.2) is 17.8 Å². The van der Waals surface area contributed by atoms with E-state index in [1.807, 2.05) is 24.8 Å². The average molecular weight is 302 g/mol. The summed E-state index contributed by atoms with van der Waals surface area (Å²) in [5.41, 5.74) is 3.60. The molecule has 0 unspecified atom stereocenters. The minimum Gasteiger partial charge on any atom is -0.337 e. The van der Waals surface area contributed by atoms with Crippen molar-refractivity contribution >= 4 is 17.2 Å². The molecule has 2 aromatic heterocycles. The Bertz CT molecular complexity index is 655. The number of amides is 1. The van der Waals surface area contributed by atoms with Gasteiger partial charge in [0.15, 0.2) is 0 Å². The summed E-state index contributed by atoms with van der Waals surface area (Å²) in [6.07, 6.45) is 3.88. The van der Waals surface area contributed by atoms with Crippen LogP contribution in [0.2, 0.25) is 0 Å². The van der Waals surface area contributed by atoms with Crippen LogP contribution in [0.1, 0.15) is 45.6 Å². The van der Waals surface area contributed by atoms with Crippen molar-refractivity contribution in [3.05, 3.63) is 39.9 Å². The van der Waals surface area contributed by atoms with E-state index in [2.05, 4.69) is 15.0 Å². The molecule has 0 radical (unpaired) electrons. The lowest BCUT2D eigenvalue weighted by molar-refractivity contribution is 0.0710. The molecule has 0 bridgehead atoms. The van der Waals surface area contributed by atoms with Gasteiger partial charge < -0.3 is 4.90 Å². The van der Waals surface area contributed by atoms with Gasteiger partial charge in [0, 0.05) is 30.9 Å². The van der Waals surface area contributed by atoms with Gasteiger partial charge in [0.25, 0.3) is 5.91 Å². The van der Waals surface area contributed by atoms with Gasteiger partial charge in [-0.15, -0.1) is 11.3 Å². The van der Waals surface area contributed by atoms with Crippen molar-refractivity contribution in [2.75, 3.05) is 13.1 Å². The smallest absolute Gasteiger partial charge is 0.265 e. The molecule has 0 saturated carbocycles. The van der Waals surface area contributed by atoms with Gasteiger partial charge in [0.2, 0.25) is 0 Å². The van der Waals surface area contributed by atoms with Crippen molar-refractivity contribution in [1.82, 2.24) is 19.9 Å². The largest absolute Gasteiger partial charge is 0.337 e. The van der Waals surface area contributed by atoms with Gasteiger partial charge in [-0.2, -0.15) is 0 Å². The second-order valence-corrected chi connectivity index (χ2v) is 6.24. The summed E-state index contributed by atoms with van der Waals surface area (Å²) in [7, 11) is 0. The molecular weight excluding hydrogens is 284 g/mol. The predicted molar refractivity (Wildman–Crippen MR) is 81.5 cm³/mol. The first kappa shape index (κ1) is 14.1. The van der Waals surface area contributed by atoms with Crippen LogP contribution in [0.4, 0.5) is 0 Å². The standard InChI is InChI=1S/C15H18N4OS/c1-10-14(21-9-17-10)15(20)19-7-3-4-12(8-19)13-5-6-16-11(2)18-13/h5-6,9,12H,3-4,7-8H2,1-2H3/t12-/m0/s1. The number of aromatic nitrogens is 3. The molecule has 0 aromatic carbocycles. The minimum atomic E-state index is 0.102. The number of likely N-dealkylation sites (tertiary alicyclic amines) is 1. The van der Waals surface area contributed by atoms with Crippen molar-refractivity contribution in [2.45, 2.75) is 32.6 Å². The van der Waals surface area contributed by atoms with Gasteiger partial charge in [-0.25, -0.2) is 15.0 Å². The Hall–Kier alpha value is -1.82. The van der Waals surface area contributed by atoms with Crippen molar-refractivity contribution in [1.29, 1.82) is 0 Å². The maximum absolute atomic E-state index is 12.6. The van der Waals surface area contributed by atoms with E-state index in [0.717, 1.165) is 48.0 Å². The molecule has 1 fully saturated rings. The molecule has 110 valence electrons. The number of hydrogen-bond donors (Lipinski definition) is 0. The van der Waals surface area contributed by atoms with Crippen LogP contribution in [0.5, 0.6) is 0 Å². The van der Waals surface area contributed by atoms with E-state index in [1.165, 1.54) is 11.3 Å². The third-order valence-electron chi connectivity index (χ3n) is 3.86. The van der Waals surface area contributed by atoms with Crippen LogP contribution in [0, 0.1) is 13.8 Å². The molecule has 3 rings (SSSR count). The Balaban J connectivity index is 1.77. The third-order valence-corrected chi connectivity index (χ3v) is 4.78. The van der Waals surface area contributed by atoms with Crippen LogP contribution in [0.3, 0.4) is 0 Å². The van der Waals surface area contributed by atoms with Gasteiger partial charge in [0.05, 0.1) is 11.2 Å². The molecule has 0 N–H and O–H groups in total. The molecule has 0 aliphatic carbocycles. The Morgan fingerprint density at radius 1 is 1.38 bits per heavy atom. The molecule has 6 heteroatoms. The third kappa shape index (κ3) is 2.95. The molecule has 1 aliphatic rings. The van der Waals surface area contributed by atoms with E-state index in [4.69, 9.17) is 0 Å². The predicted octanol–water partition coefficient (Wildman–Crippen LogP) is 2.57. The average Bonchev–Trinajstić information content (AvgIpc) is 2.93. The highest BCUT2D eigenvalue weighted by Crippen LogP contribution is 2.27. The van der Waals surface area contributed by atoms with Gasteiger partial charge >= 0.3 is 0 Å². The first-order chi connectivity index (χ1) is 10.1. The summed E-state index contributed by atoms with van der Waals surface area (Å²) in [6, 6.07) is 1.96. The maximum atomic E-state index is 12.6. The van der Waals surface area contributed by atoms with Crippen molar-refractivity contribution in [3.8, 4) is 0 Å². The number of aryl methyl sites for hydroxylation is 2. The van der Waals surface area contributed by atoms with Gasteiger partial charge in [-0.3, -0.25) is 4.79 Å². The Morgan fingerprint density at radius 2 is 2.24 bits per heavy atom. The zero-order chi connectivity index (χ0) is 14.8. The van der Waals surface area contributed by atoms with E-state index in [1.54, 1.807) is 11.7 Å². The molecule has 1 amide bonds. The number of hydrogen-bond acceptors (Lipinski definition) is 5. The molecule has 1 saturated heterocycles. The van der Waals surface area contributed by atoms with E-state index in [0.29, 0.717) is 5.92 Å². The maximum Gasteiger partial charge on any atom is 0.265 e. The van der Waals surface area contributed by atoms with Crippen LogP contribution in [-0.2, 0) is 0 Å². The van der Waals surface area contributed by atoms with Crippen molar-refractivity contribution in [2.24, 2.45) is 0 Å². The van der Waals surface area contributed by atoms with Gasteiger partial charge in [-0.05, 0) is 32.8 Å². The molecular formula is C15H18N4OS. The molecule has 1 atom stereocenters. The summed E-state index contributed by atoms with van der Waals surface area (Å²) >= 11 is 1.42. The summed E-state index contributed by atoms with van der Waals surface area (Å²) in [4.78, 5) is 28.1. The Kier molecular flexibility index (Phi) is 3.96. The summed E-state index contributed by atoms with van der Waals surface area (Å²) in [5.74, 6) is 1.19. The topological polar surface area (TPSA) is 59.0 Å². The highest BCUT2D eigenvalue weighted by Gasteiger charge is 2.27. The minimum absolute atomic E-state index is 0.102. The second-order valence-electron chi connectivity index (χ2n) is 5.39. The Morgan fingerprint density at radius 3 is 2.95 bits per heavy atom. The number of rotatable bonds is 2. The first-order valence-corrected chi connectivity index (χ1v) is 8.02. The summed E-state index contributed by atoms with van der Waals surface area (Å²) in [5, 5.41) is 0. The van der Waals surface area contributed by atoms with E-state index in [9.17, 15) is 4.79 Å². The van der Waals surface area contributed by atoms with E-state index >= 15 is 0 Å². The zero-order valence-electron chi connectivity index (χ0n) is 12.2. The normalized spacial score (nSPS) is 18.8. The number of nitrogens with zero attached hydrogens (tertiary/aromatic N) is 4. The second kappa shape index (κ2) is 5.89. The molecule has 1 aliphatic heterocycles. The number of carbonyl (C=O) groups excluding carboxylic acids is 1. The van der Waals surface area contributed by atoms with Crippen LogP contribution in [0.25, 0.3) is 0 Å². The molecule has 0 spiro atoms. The lowest BCUT2D eigenvalue weighted by Gasteiger charge is -2.32. The fourth-order valence-electron chi connectivity index (χ4n) is 2.76. The molecule has 21 heavy (non-hydrogen) atoms. The SMILES string of the molecule is Cc1nccc([C@H]2CCCN(C(=O)c3scnc3C)C2)n1. The number of carbonyl (C=O) groups is 1. The quantitative estimate of drug-likeness (QED) is 0.855. The highest BCUT2D eigenvalue weighted by molar-refractivity contribution is 7.11. The lowest BCUT2D eigenvalue weighted by Crippen LogP contribution is -2.39. The summed E-state index contributed by atoms with van der Waals surface area (Å²) < 4.78 is 0. The first-order valence-electron chi connectivity index (χ1n) is 7.14. The highest BCUT2D eigenvalue weighted by atomic mass is 32.1. The fourth-order valence-corrected chi connectivity index (χ4v) is 3.53. The molecule has 2 aromatic rings. The lowest BCUT2D eigenvalue weighted by atomic mass is 9.94. The van der Waals surface area contributed by atoms with Crippen LogP contribution in [-0.4, -0.2) is 38.8 Å². The fraction of sp³-hybridized carbons (Fsp3) is 0.467. The zero-order valence-corrected chi connectivity index (χ0v) is 13.1. The van der Waals surface area contributed by atoms with Crippen LogP contribution < -0.4 is 0 Å². The van der Waals surface area contributed by atoms with Crippen molar-refractivity contribution in [3.63, 3.8) is 0 Å². The summed E-state index contributed by atoms with van der Waals surface area (Å²) in [6.45, 7) is 5.33. The number of thiazole rings is 1. The molecule has 3 heterocycles.